The van der Waals surface area contributed by atoms with Crippen molar-refractivity contribution < 1.29 is 4.74 Å². The van der Waals surface area contributed by atoms with Crippen molar-refractivity contribution >= 4 is 27.3 Å². The first-order valence-electron chi connectivity index (χ1n) is 4.83. The lowest BCUT2D eigenvalue weighted by Crippen LogP contribution is -2.24. The number of hydrogen-bond acceptors (Lipinski definition) is 4. The van der Waals surface area contributed by atoms with Gasteiger partial charge in [0.25, 0.3) is 0 Å². The van der Waals surface area contributed by atoms with Gasteiger partial charge >= 0.3 is 0 Å². The fourth-order valence-corrected chi connectivity index (χ4v) is 1.73. The first-order valence-corrected chi connectivity index (χ1v) is 5.62. The number of hydrogen-bond donors (Lipinski definition) is 2. The quantitative estimate of drug-likeness (QED) is 0.864. The third-order valence-electron chi connectivity index (χ3n) is 2.14. The van der Waals surface area contributed by atoms with E-state index >= 15 is 0 Å². The Kier molecular flexibility index (Phi) is 4.84. The smallest absolute Gasteiger partial charge is 0.0752 e. The van der Waals surface area contributed by atoms with Crippen molar-refractivity contribution in [1.82, 2.24) is 4.98 Å². The molecule has 0 spiro atoms. The van der Waals surface area contributed by atoms with Gasteiger partial charge in [0.15, 0.2) is 0 Å². The number of nitrogen functional groups attached to an aromatic ring is 1. The molecule has 0 saturated carbocycles. The van der Waals surface area contributed by atoms with Crippen LogP contribution in [0.15, 0.2) is 16.9 Å². The minimum Gasteiger partial charge on any atom is -0.396 e. The molecule has 3 N–H and O–H groups in total. The molecule has 0 radical (unpaired) electrons. The Labute approximate surface area is 98.3 Å². The third-order valence-corrected chi connectivity index (χ3v) is 2.74. The van der Waals surface area contributed by atoms with E-state index in [0.29, 0.717) is 12.3 Å². The van der Waals surface area contributed by atoms with Gasteiger partial charge in [0.1, 0.15) is 0 Å². The van der Waals surface area contributed by atoms with Crippen molar-refractivity contribution in [3.05, 3.63) is 16.9 Å². The second-order valence-corrected chi connectivity index (χ2v) is 4.14. The van der Waals surface area contributed by atoms with Crippen molar-refractivity contribution in [2.75, 3.05) is 24.8 Å². The Balaban J connectivity index is 2.78. The lowest BCUT2D eigenvalue weighted by atomic mass is 10.2. The molecule has 1 atom stereocenters. The maximum absolute atomic E-state index is 5.82. The Morgan fingerprint density at radius 3 is 2.87 bits per heavy atom. The summed E-state index contributed by atoms with van der Waals surface area (Å²) < 4.78 is 5.98. The number of nitrogens with one attached hydrogen (secondary N) is 1. The molecule has 0 fully saturated rings. The van der Waals surface area contributed by atoms with Gasteiger partial charge in [-0.15, -0.1) is 0 Å². The van der Waals surface area contributed by atoms with E-state index in [1.807, 2.05) is 0 Å². The lowest BCUT2D eigenvalue weighted by molar-refractivity contribution is 0.184. The molecule has 5 heteroatoms. The van der Waals surface area contributed by atoms with E-state index in [1.165, 1.54) is 0 Å². The predicted octanol–water partition coefficient (Wildman–Crippen LogP) is 2.26. The fraction of sp³-hybridized carbons (Fsp3) is 0.500. The second kappa shape index (κ2) is 5.92. The minimum absolute atomic E-state index is 0.260. The van der Waals surface area contributed by atoms with Crippen molar-refractivity contribution in [3.8, 4) is 0 Å². The Morgan fingerprint density at radius 2 is 2.33 bits per heavy atom. The zero-order valence-corrected chi connectivity index (χ0v) is 10.5. The molecule has 0 bridgehead atoms. The Bertz CT molecular complexity index is 299. The second-order valence-electron chi connectivity index (χ2n) is 3.29. The van der Waals surface area contributed by atoms with Crippen LogP contribution >= 0.6 is 15.9 Å². The molecule has 0 saturated heterocycles. The molecular formula is C10H16BrN3O. The number of nitrogens with zero attached hydrogens (tertiary/aromatic N) is 1. The van der Waals surface area contributed by atoms with Crippen molar-refractivity contribution in [1.29, 1.82) is 0 Å². The Morgan fingerprint density at radius 1 is 1.60 bits per heavy atom. The van der Waals surface area contributed by atoms with E-state index < -0.39 is 0 Å². The van der Waals surface area contributed by atoms with Crippen LogP contribution in [0.5, 0.6) is 0 Å². The van der Waals surface area contributed by atoms with Crippen molar-refractivity contribution in [3.63, 3.8) is 0 Å². The topological polar surface area (TPSA) is 60.2 Å². The van der Waals surface area contributed by atoms with Crippen LogP contribution in [0.25, 0.3) is 0 Å². The standard InChI is InChI=1S/C10H16BrN3O/c1-3-7(6-15-2)14-10-8(11)4-13-5-9(10)12/h4-5,7H,3,6,12H2,1-2H3,(H,13,14). The SMILES string of the molecule is CCC(COC)Nc1c(N)cncc1Br. The summed E-state index contributed by atoms with van der Waals surface area (Å²) in [4.78, 5) is 3.98. The molecule has 4 nitrogen and oxygen atoms in total. The van der Waals surface area contributed by atoms with Gasteiger partial charge in [-0.25, -0.2) is 0 Å². The van der Waals surface area contributed by atoms with Gasteiger partial charge in [0, 0.05) is 19.3 Å². The summed E-state index contributed by atoms with van der Waals surface area (Å²) in [6.07, 6.45) is 4.33. The number of methoxy groups -OCH3 is 1. The monoisotopic (exact) mass is 273 g/mol. The zero-order chi connectivity index (χ0) is 11.3. The number of ether oxygens (including phenoxy) is 1. The van der Waals surface area contributed by atoms with E-state index in [1.54, 1.807) is 19.5 Å². The summed E-state index contributed by atoms with van der Waals surface area (Å²) in [5.74, 6) is 0. The molecule has 84 valence electrons. The van der Waals surface area contributed by atoms with Gasteiger partial charge in [-0.05, 0) is 22.4 Å². The largest absolute Gasteiger partial charge is 0.396 e. The van der Waals surface area contributed by atoms with Crippen LogP contribution in [-0.2, 0) is 4.74 Å². The van der Waals surface area contributed by atoms with Gasteiger partial charge in [-0.2, -0.15) is 0 Å². The van der Waals surface area contributed by atoms with Gasteiger partial charge < -0.3 is 15.8 Å². The molecule has 0 aliphatic heterocycles. The van der Waals surface area contributed by atoms with E-state index in [2.05, 4.69) is 33.2 Å². The van der Waals surface area contributed by atoms with Gasteiger partial charge in [-0.3, -0.25) is 4.98 Å². The number of nitrogens with two attached hydrogens (primary N) is 1. The molecule has 0 aromatic carbocycles. The first kappa shape index (κ1) is 12.3. The first-order chi connectivity index (χ1) is 7.19. The number of halogens is 1. The van der Waals surface area contributed by atoms with E-state index in [9.17, 15) is 0 Å². The minimum atomic E-state index is 0.260. The molecule has 0 amide bonds. The number of aromatic nitrogens is 1. The van der Waals surface area contributed by atoms with Crippen LogP contribution in [0.2, 0.25) is 0 Å². The van der Waals surface area contributed by atoms with Crippen LogP contribution in [0, 0.1) is 0 Å². The highest BCUT2D eigenvalue weighted by molar-refractivity contribution is 9.10. The van der Waals surface area contributed by atoms with Crippen molar-refractivity contribution in [2.45, 2.75) is 19.4 Å². The molecule has 0 aliphatic rings. The summed E-state index contributed by atoms with van der Waals surface area (Å²) >= 11 is 3.41. The van der Waals surface area contributed by atoms with Gasteiger partial charge in [0.05, 0.1) is 28.7 Å². The van der Waals surface area contributed by atoms with E-state index in [0.717, 1.165) is 16.6 Å². The highest BCUT2D eigenvalue weighted by atomic mass is 79.9. The van der Waals surface area contributed by atoms with Crippen LogP contribution < -0.4 is 11.1 Å². The average molecular weight is 274 g/mol. The molecule has 1 heterocycles. The maximum Gasteiger partial charge on any atom is 0.0752 e. The summed E-state index contributed by atoms with van der Waals surface area (Å²) in [7, 11) is 1.69. The fourth-order valence-electron chi connectivity index (χ4n) is 1.27. The molecule has 1 rings (SSSR count). The van der Waals surface area contributed by atoms with Crippen LogP contribution in [0.1, 0.15) is 13.3 Å². The predicted molar refractivity (Wildman–Crippen MR) is 65.9 cm³/mol. The number of pyridine rings is 1. The van der Waals surface area contributed by atoms with Gasteiger partial charge in [0.2, 0.25) is 0 Å². The average Bonchev–Trinajstić information content (AvgIpc) is 2.22. The summed E-state index contributed by atoms with van der Waals surface area (Å²) in [5, 5.41) is 3.33. The molecule has 1 aromatic heterocycles. The molecule has 1 aromatic rings. The van der Waals surface area contributed by atoms with Crippen LogP contribution in [0.3, 0.4) is 0 Å². The molecule has 15 heavy (non-hydrogen) atoms. The van der Waals surface area contributed by atoms with Crippen LogP contribution in [-0.4, -0.2) is 24.7 Å². The molecular weight excluding hydrogens is 258 g/mol. The lowest BCUT2D eigenvalue weighted by Gasteiger charge is -2.19. The third kappa shape index (κ3) is 3.35. The van der Waals surface area contributed by atoms with E-state index in [4.69, 9.17) is 10.5 Å². The highest BCUT2D eigenvalue weighted by Crippen LogP contribution is 2.27. The molecule has 0 aliphatic carbocycles. The zero-order valence-electron chi connectivity index (χ0n) is 8.96. The van der Waals surface area contributed by atoms with Crippen LogP contribution in [0.4, 0.5) is 11.4 Å². The highest BCUT2D eigenvalue weighted by Gasteiger charge is 2.10. The number of rotatable bonds is 5. The van der Waals surface area contributed by atoms with Crippen molar-refractivity contribution in [2.24, 2.45) is 0 Å². The van der Waals surface area contributed by atoms with E-state index in [-0.39, 0.29) is 6.04 Å². The molecule has 1 unspecified atom stereocenters. The Hall–Kier alpha value is -0.810. The summed E-state index contributed by atoms with van der Waals surface area (Å²) in [6, 6.07) is 0.260. The van der Waals surface area contributed by atoms with Gasteiger partial charge in [-0.1, -0.05) is 6.92 Å². The summed E-state index contributed by atoms with van der Waals surface area (Å²) in [5.41, 5.74) is 7.35. The normalized spacial score (nSPS) is 12.5. The maximum atomic E-state index is 5.82. The summed E-state index contributed by atoms with van der Waals surface area (Å²) in [6.45, 7) is 2.76. The number of anilines is 2.